The largest absolute Gasteiger partial charge is 0.0961 e. The molecule has 0 amide bonds. The SMILES string of the molecule is Clc1c(I)cccc1C(Br)Br. The van der Waals surface area contributed by atoms with E-state index in [0.717, 1.165) is 14.2 Å². The van der Waals surface area contributed by atoms with Crippen LogP contribution in [0, 0.1) is 3.57 Å². The van der Waals surface area contributed by atoms with Crippen molar-refractivity contribution in [2.75, 3.05) is 0 Å². The summed E-state index contributed by atoms with van der Waals surface area (Å²) in [5.41, 5.74) is 1.07. The summed E-state index contributed by atoms with van der Waals surface area (Å²) in [6.07, 6.45) is 0. The predicted molar refractivity (Wildman–Crippen MR) is 64.8 cm³/mol. The van der Waals surface area contributed by atoms with Crippen LogP contribution >= 0.6 is 66.1 Å². The van der Waals surface area contributed by atoms with Crippen molar-refractivity contribution in [3.05, 3.63) is 32.4 Å². The normalized spacial score (nSPS) is 10.6. The number of rotatable bonds is 1. The van der Waals surface area contributed by atoms with Crippen LogP contribution in [0.4, 0.5) is 0 Å². The van der Waals surface area contributed by atoms with Gasteiger partial charge in [0.05, 0.1) is 8.76 Å². The second-order valence-corrected chi connectivity index (χ2v) is 6.54. The van der Waals surface area contributed by atoms with Gasteiger partial charge < -0.3 is 0 Å². The van der Waals surface area contributed by atoms with Crippen LogP contribution in [-0.4, -0.2) is 0 Å². The van der Waals surface area contributed by atoms with Crippen molar-refractivity contribution >= 4 is 66.1 Å². The third-order valence-electron chi connectivity index (χ3n) is 1.22. The first-order valence-corrected chi connectivity index (χ1v) is 6.14. The average Bonchev–Trinajstić information content (AvgIpc) is 1.94. The molecule has 0 saturated carbocycles. The number of alkyl halides is 2. The third kappa shape index (κ3) is 2.57. The summed E-state index contributed by atoms with van der Waals surface area (Å²) in [6, 6.07) is 5.95. The van der Waals surface area contributed by atoms with Crippen LogP contribution in [-0.2, 0) is 0 Å². The lowest BCUT2D eigenvalue weighted by molar-refractivity contribution is 1.41. The smallest absolute Gasteiger partial charge is 0.0828 e. The van der Waals surface area contributed by atoms with Crippen molar-refractivity contribution < 1.29 is 0 Å². The second-order valence-electron chi connectivity index (χ2n) is 1.94. The molecule has 0 nitrogen and oxygen atoms in total. The van der Waals surface area contributed by atoms with Crippen LogP contribution in [0.2, 0.25) is 5.02 Å². The first-order valence-electron chi connectivity index (χ1n) is 2.85. The summed E-state index contributed by atoms with van der Waals surface area (Å²) < 4.78 is 1.21. The van der Waals surface area contributed by atoms with Crippen molar-refractivity contribution in [3.8, 4) is 0 Å². The van der Waals surface area contributed by atoms with Gasteiger partial charge in [0.15, 0.2) is 0 Å². The monoisotopic (exact) mass is 408 g/mol. The molecule has 0 N–H and O–H groups in total. The molecule has 1 aromatic carbocycles. The highest BCUT2D eigenvalue weighted by atomic mass is 127. The van der Waals surface area contributed by atoms with Gasteiger partial charge in [-0.2, -0.15) is 0 Å². The second kappa shape index (κ2) is 4.44. The Morgan fingerprint density at radius 1 is 1.36 bits per heavy atom. The van der Waals surface area contributed by atoms with E-state index in [0.29, 0.717) is 0 Å². The summed E-state index contributed by atoms with van der Waals surface area (Å²) in [6.45, 7) is 0. The standard InChI is InChI=1S/C7H4Br2ClI/c8-7(9)4-2-1-3-5(11)6(4)10/h1-3,7H. The summed E-state index contributed by atoms with van der Waals surface area (Å²) >= 11 is 15.0. The Morgan fingerprint density at radius 2 is 2.00 bits per heavy atom. The van der Waals surface area contributed by atoms with Crippen molar-refractivity contribution in [1.82, 2.24) is 0 Å². The van der Waals surface area contributed by atoms with Gasteiger partial charge in [0.25, 0.3) is 0 Å². The predicted octanol–water partition coefficient (Wildman–Crippen LogP) is 4.73. The molecule has 0 bridgehead atoms. The fourth-order valence-corrected chi connectivity index (χ4v) is 2.47. The van der Waals surface area contributed by atoms with E-state index in [4.69, 9.17) is 11.6 Å². The van der Waals surface area contributed by atoms with Crippen LogP contribution in [0.5, 0.6) is 0 Å². The maximum absolute atomic E-state index is 6.02. The van der Waals surface area contributed by atoms with Crippen LogP contribution in [0.25, 0.3) is 0 Å². The molecule has 0 aliphatic heterocycles. The van der Waals surface area contributed by atoms with Crippen molar-refractivity contribution in [3.63, 3.8) is 0 Å². The van der Waals surface area contributed by atoms with E-state index in [1.165, 1.54) is 0 Å². The van der Waals surface area contributed by atoms with E-state index >= 15 is 0 Å². The van der Waals surface area contributed by atoms with Gasteiger partial charge in [0.1, 0.15) is 0 Å². The van der Waals surface area contributed by atoms with E-state index in [1.807, 2.05) is 18.2 Å². The molecule has 0 atom stereocenters. The van der Waals surface area contributed by atoms with E-state index in [1.54, 1.807) is 0 Å². The van der Waals surface area contributed by atoms with Gasteiger partial charge in [0, 0.05) is 3.57 Å². The molecular weight excluding hydrogens is 406 g/mol. The molecule has 0 saturated heterocycles. The van der Waals surface area contributed by atoms with Gasteiger partial charge in [-0.25, -0.2) is 0 Å². The van der Waals surface area contributed by atoms with Gasteiger partial charge in [-0.15, -0.1) is 0 Å². The fourth-order valence-electron chi connectivity index (χ4n) is 0.689. The lowest BCUT2D eigenvalue weighted by atomic mass is 10.2. The van der Waals surface area contributed by atoms with Crippen molar-refractivity contribution in [2.45, 2.75) is 3.74 Å². The Balaban J connectivity index is 3.17. The Hall–Kier alpha value is 1.20. The molecule has 0 spiro atoms. The zero-order chi connectivity index (χ0) is 8.43. The maximum atomic E-state index is 6.02. The minimum absolute atomic E-state index is 0.136. The highest BCUT2D eigenvalue weighted by Crippen LogP contribution is 2.36. The molecule has 0 aromatic heterocycles. The first kappa shape index (κ1) is 10.3. The quantitative estimate of drug-likeness (QED) is 0.464. The van der Waals surface area contributed by atoms with Gasteiger partial charge >= 0.3 is 0 Å². The minimum Gasteiger partial charge on any atom is -0.0828 e. The zero-order valence-electron chi connectivity index (χ0n) is 5.32. The molecule has 4 heteroatoms. The molecule has 0 fully saturated rings. The number of hydrogen-bond donors (Lipinski definition) is 0. The van der Waals surface area contributed by atoms with Gasteiger partial charge in [-0.05, 0) is 34.2 Å². The maximum Gasteiger partial charge on any atom is 0.0961 e. The van der Waals surface area contributed by atoms with Crippen LogP contribution in [0.15, 0.2) is 18.2 Å². The lowest BCUT2D eigenvalue weighted by Gasteiger charge is -2.05. The number of halogens is 4. The average molecular weight is 410 g/mol. The van der Waals surface area contributed by atoms with Crippen LogP contribution < -0.4 is 0 Å². The Bertz CT molecular complexity index is 263. The summed E-state index contributed by atoms with van der Waals surface area (Å²) in [7, 11) is 0. The highest BCUT2D eigenvalue weighted by molar-refractivity contribution is 14.1. The highest BCUT2D eigenvalue weighted by Gasteiger charge is 2.08. The molecular formula is C7H4Br2ClI. The van der Waals surface area contributed by atoms with Crippen LogP contribution in [0.3, 0.4) is 0 Å². The lowest BCUT2D eigenvalue weighted by Crippen LogP contribution is -1.84. The zero-order valence-corrected chi connectivity index (χ0v) is 11.4. The Morgan fingerprint density at radius 3 is 2.45 bits per heavy atom. The van der Waals surface area contributed by atoms with E-state index in [9.17, 15) is 0 Å². The van der Waals surface area contributed by atoms with Gasteiger partial charge in [-0.3, -0.25) is 0 Å². The molecule has 0 unspecified atom stereocenters. The van der Waals surface area contributed by atoms with E-state index < -0.39 is 0 Å². The number of hydrogen-bond acceptors (Lipinski definition) is 0. The third-order valence-corrected chi connectivity index (χ3v) is 3.84. The van der Waals surface area contributed by atoms with Crippen molar-refractivity contribution in [1.29, 1.82) is 0 Å². The molecule has 0 radical (unpaired) electrons. The Kier molecular flexibility index (Phi) is 4.15. The summed E-state index contributed by atoms with van der Waals surface area (Å²) in [5, 5.41) is 0.812. The molecule has 0 aliphatic carbocycles. The molecule has 1 aromatic rings. The van der Waals surface area contributed by atoms with Gasteiger partial charge in [-0.1, -0.05) is 55.6 Å². The fraction of sp³-hybridized carbons (Fsp3) is 0.143. The molecule has 0 heterocycles. The van der Waals surface area contributed by atoms with E-state index in [2.05, 4.69) is 54.5 Å². The first-order chi connectivity index (χ1) is 5.13. The number of benzene rings is 1. The van der Waals surface area contributed by atoms with Crippen LogP contribution in [0.1, 0.15) is 9.30 Å². The summed E-state index contributed by atoms with van der Waals surface area (Å²) in [4.78, 5) is 0. The van der Waals surface area contributed by atoms with E-state index in [-0.39, 0.29) is 3.74 Å². The Labute approximate surface area is 101 Å². The van der Waals surface area contributed by atoms with Crippen molar-refractivity contribution in [2.24, 2.45) is 0 Å². The molecule has 11 heavy (non-hydrogen) atoms. The van der Waals surface area contributed by atoms with Gasteiger partial charge in [0.2, 0.25) is 0 Å². The summed E-state index contributed by atoms with van der Waals surface area (Å²) in [5.74, 6) is 0. The molecule has 1 rings (SSSR count). The topological polar surface area (TPSA) is 0 Å². The molecule has 0 aliphatic rings. The minimum atomic E-state index is 0.136. The molecule has 60 valence electrons.